The lowest BCUT2D eigenvalue weighted by Crippen LogP contribution is -2.43. The van der Waals surface area contributed by atoms with Gasteiger partial charge in [0.2, 0.25) is 5.91 Å². The maximum absolute atomic E-state index is 12.9. The van der Waals surface area contributed by atoms with Crippen LogP contribution in [0.15, 0.2) is 24.3 Å². The molecule has 3 atom stereocenters. The van der Waals surface area contributed by atoms with Crippen LogP contribution in [-0.4, -0.2) is 29.9 Å². The molecule has 1 spiro atoms. The lowest BCUT2D eigenvalue weighted by atomic mass is 9.90. The average molecular weight is 335 g/mol. The van der Waals surface area contributed by atoms with Crippen molar-refractivity contribution in [1.29, 1.82) is 0 Å². The average Bonchev–Trinajstić information content (AvgIpc) is 3.16. The van der Waals surface area contributed by atoms with E-state index in [4.69, 9.17) is 5.73 Å². The molecule has 3 aliphatic rings. The summed E-state index contributed by atoms with van der Waals surface area (Å²) in [7, 11) is 0. The molecule has 3 unspecified atom stereocenters. The molecule has 0 aromatic heterocycles. The maximum atomic E-state index is 12.9. The molecule has 126 valence electrons. The van der Waals surface area contributed by atoms with Gasteiger partial charge in [0.25, 0.3) is 0 Å². The molecule has 2 N–H and O–H groups in total. The smallest absolute Gasteiger partial charge is 0.226 e. The molecule has 3 nitrogen and oxygen atoms in total. The van der Waals surface area contributed by atoms with Gasteiger partial charge in [-0.15, -0.1) is 12.4 Å². The molecule has 1 saturated heterocycles. The molecule has 23 heavy (non-hydrogen) atoms. The predicted octanol–water partition coefficient (Wildman–Crippen LogP) is 2.90. The van der Waals surface area contributed by atoms with Crippen molar-refractivity contribution in [1.82, 2.24) is 4.90 Å². The van der Waals surface area contributed by atoms with Gasteiger partial charge in [0, 0.05) is 30.5 Å². The third-order valence-electron chi connectivity index (χ3n) is 6.36. The second-order valence-corrected chi connectivity index (χ2v) is 7.59. The summed E-state index contributed by atoms with van der Waals surface area (Å²) in [4.78, 5) is 15.0. The molecule has 1 aromatic carbocycles. The number of carbonyl (C=O) groups is 1. The van der Waals surface area contributed by atoms with Crippen molar-refractivity contribution in [3.8, 4) is 0 Å². The first-order valence-electron chi connectivity index (χ1n) is 8.74. The van der Waals surface area contributed by atoms with E-state index in [1.165, 1.54) is 17.5 Å². The highest BCUT2D eigenvalue weighted by molar-refractivity contribution is 5.85. The van der Waals surface area contributed by atoms with E-state index in [2.05, 4.69) is 36.1 Å². The number of hydrogen-bond donors (Lipinski definition) is 1. The number of benzene rings is 1. The van der Waals surface area contributed by atoms with Gasteiger partial charge in [-0.25, -0.2) is 0 Å². The summed E-state index contributed by atoms with van der Waals surface area (Å²) >= 11 is 0. The Bertz CT molecular complexity index is 595. The predicted molar refractivity (Wildman–Crippen MR) is 94.7 cm³/mol. The third-order valence-corrected chi connectivity index (χ3v) is 6.36. The number of nitrogens with two attached hydrogens (primary N) is 1. The zero-order valence-electron chi connectivity index (χ0n) is 13.8. The van der Waals surface area contributed by atoms with Crippen molar-refractivity contribution in [2.45, 2.75) is 50.5 Å². The number of nitrogens with zero attached hydrogens (tertiary/aromatic N) is 1. The van der Waals surface area contributed by atoms with Gasteiger partial charge in [0.15, 0.2) is 0 Å². The minimum Gasteiger partial charge on any atom is -0.342 e. The fourth-order valence-corrected chi connectivity index (χ4v) is 4.79. The number of likely N-dealkylation sites (tertiary alicyclic amines) is 1. The van der Waals surface area contributed by atoms with Crippen molar-refractivity contribution in [3.05, 3.63) is 35.4 Å². The van der Waals surface area contributed by atoms with E-state index in [1.54, 1.807) is 0 Å². The summed E-state index contributed by atoms with van der Waals surface area (Å²) in [5, 5.41) is 0. The molecular weight excluding hydrogens is 308 g/mol. The SMILES string of the molecule is CC(N)C1CCN(C(=O)C2CC23CCc2ccccc23)CC1.Cl. The third kappa shape index (κ3) is 2.68. The van der Waals surface area contributed by atoms with E-state index in [-0.39, 0.29) is 29.8 Å². The van der Waals surface area contributed by atoms with E-state index in [0.29, 0.717) is 11.8 Å². The van der Waals surface area contributed by atoms with E-state index in [0.717, 1.165) is 38.8 Å². The lowest BCUT2D eigenvalue weighted by molar-refractivity contribution is -0.134. The van der Waals surface area contributed by atoms with Gasteiger partial charge in [-0.05, 0) is 56.1 Å². The summed E-state index contributed by atoms with van der Waals surface area (Å²) in [6, 6.07) is 8.98. The molecule has 2 fully saturated rings. The van der Waals surface area contributed by atoms with Crippen molar-refractivity contribution in [2.24, 2.45) is 17.6 Å². The van der Waals surface area contributed by atoms with Crippen LogP contribution in [0.3, 0.4) is 0 Å². The summed E-state index contributed by atoms with van der Waals surface area (Å²) in [5.74, 6) is 1.23. The Balaban J connectivity index is 0.00000156. The normalized spacial score (nSPS) is 30.7. The number of carbonyl (C=O) groups excluding carboxylic acids is 1. The number of halogens is 1. The summed E-state index contributed by atoms with van der Waals surface area (Å²) in [5.41, 5.74) is 9.11. The zero-order chi connectivity index (χ0) is 15.3. The Morgan fingerprint density at radius 3 is 2.70 bits per heavy atom. The highest BCUT2D eigenvalue weighted by Gasteiger charge is 2.62. The first kappa shape index (κ1) is 16.8. The molecule has 2 aliphatic carbocycles. The van der Waals surface area contributed by atoms with E-state index in [9.17, 15) is 4.79 Å². The van der Waals surface area contributed by atoms with Gasteiger partial charge >= 0.3 is 0 Å². The Morgan fingerprint density at radius 2 is 2.00 bits per heavy atom. The van der Waals surface area contributed by atoms with Crippen LogP contribution in [0, 0.1) is 11.8 Å². The largest absolute Gasteiger partial charge is 0.342 e. The summed E-state index contributed by atoms with van der Waals surface area (Å²) in [6.45, 7) is 3.89. The van der Waals surface area contributed by atoms with E-state index < -0.39 is 0 Å². The Hall–Kier alpha value is -1.06. The van der Waals surface area contributed by atoms with Crippen LogP contribution >= 0.6 is 12.4 Å². The molecule has 1 heterocycles. The minimum atomic E-state index is 0. The molecule has 0 bridgehead atoms. The van der Waals surface area contributed by atoms with E-state index >= 15 is 0 Å². The Kier molecular flexibility index (Phi) is 4.45. The van der Waals surface area contributed by atoms with Crippen LogP contribution in [0.2, 0.25) is 0 Å². The second-order valence-electron chi connectivity index (χ2n) is 7.59. The van der Waals surface area contributed by atoms with Gasteiger partial charge in [0.05, 0.1) is 0 Å². The molecule has 4 heteroatoms. The molecule has 1 aromatic rings. The van der Waals surface area contributed by atoms with Crippen LogP contribution in [0.5, 0.6) is 0 Å². The van der Waals surface area contributed by atoms with Crippen molar-refractivity contribution < 1.29 is 4.79 Å². The monoisotopic (exact) mass is 334 g/mol. The first-order chi connectivity index (χ1) is 10.6. The Morgan fingerprint density at radius 1 is 1.30 bits per heavy atom. The number of fused-ring (bicyclic) bond motifs is 2. The van der Waals surface area contributed by atoms with Crippen LogP contribution in [-0.2, 0) is 16.6 Å². The number of aryl methyl sites for hydroxylation is 1. The van der Waals surface area contributed by atoms with Crippen molar-refractivity contribution in [2.75, 3.05) is 13.1 Å². The number of hydrogen-bond acceptors (Lipinski definition) is 2. The van der Waals surface area contributed by atoms with Crippen LogP contribution in [0.4, 0.5) is 0 Å². The second kappa shape index (κ2) is 6.10. The van der Waals surface area contributed by atoms with Gasteiger partial charge < -0.3 is 10.6 Å². The summed E-state index contributed by atoms with van der Waals surface area (Å²) < 4.78 is 0. The number of piperidine rings is 1. The lowest BCUT2D eigenvalue weighted by Gasteiger charge is -2.34. The van der Waals surface area contributed by atoms with Crippen molar-refractivity contribution >= 4 is 18.3 Å². The molecule has 1 saturated carbocycles. The van der Waals surface area contributed by atoms with Gasteiger partial charge in [-0.3, -0.25) is 4.79 Å². The number of rotatable bonds is 2. The molecular formula is C19H27ClN2O. The summed E-state index contributed by atoms with van der Waals surface area (Å²) in [6.07, 6.45) is 5.52. The Labute approximate surface area is 145 Å². The number of amides is 1. The van der Waals surface area contributed by atoms with E-state index in [1.807, 2.05) is 0 Å². The fraction of sp³-hybridized carbons (Fsp3) is 0.632. The van der Waals surface area contributed by atoms with Crippen LogP contribution in [0.25, 0.3) is 0 Å². The standard InChI is InChI=1S/C19H26N2O.ClH/c1-13(20)14-7-10-21(11-8-14)18(22)17-12-19(17)9-6-15-4-2-3-5-16(15)19;/h2-5,13-14,17H,6-12,20H2,1H3;1H. The fourth-order valence-electron chi connectivity index (χ4n) is 4.79. The minimum absolute atomic E-state index is 0. The van der Waals surface area contributed by atoms with Gasteiger partial charge in [0.1, 0.15) is 0 Å². The van der Waals surface area contributed by atoms with Crippen molar-refractivity contribution in [3.63, 3.8) is 0 Å². The first-order valence-corrected chi connectivity index (χ1v) is 8.74. The van der Waals surface area contributed by atoms with Gasteiger partial charge in [-0.1, -0.05) is 24.3 Å². The molecule has 4 rings (SSSR count). The zero-order valence-corrected chi connectivity index (χ0v) is 14.6. The molecule has 1 aliphatic heterocycles. The maximum Gasteiger partial charge on any atom is 0.226 e. The topological polar surface area (TPSA) is 46.3 Å². The molecule has 0 radical (unpaired) electrons. The van der Waals surface area contributed by atoms with Crippen LogP contribution < -0.4 is 5.73 Å². The quantitative estimate of drug-likeness (QED) is 0.904. The van der Waals surface area contributed by atoms with Gasteiger partial charge in [-0.2, -0.15) is 0 Å². The van der Waals surface area contributed by atoms with Crippen LogP contribution in [0.1, 0.15) is 43.7 Å². The highest BCUT2D eigenvalue weighted by atomic mass is 35.5. The highest BCUT2D eigenvalue weighted by Crippen LogP contribution is 2.62. The molecule has 1 amide bonds.